The van der Waals surface area contributed by atoms with E-state index in [4.69, 9.17) is 15.2 Å². The lowest BCUT2D eigenvalue weighted by molar-refractivity contribution is -0.119. The van der Waals surface area contributed by atoms with E-state index >= 15 is 0 Å². The summed E-state index contributed by atoms with van der Waals surface area (Å²) in [5, 5.41) is 3.17. The number of carbonyl (C=O) groups excluding carboxylic acids is 2. The zero-order valence-corrected chi connectivity index (χ0v) is 16.5. The van der Waals surface area contributed by atoms with Gasteiger partial charge in [0.2, 0.25) is 5.91 Å². The Morgan fingerprint density at radius 2 is 2.10 bits per heavy atom. The molecule has 1 saturated carbocycles. The van der Waals surface area contributed by atoms with Crippen molar-refractivity contribution in [1.82, 2.24) is 9.55 Å². The van der Waals surface area contributed by atoms with Gasteiger partial charge in [0.25, 0.3) is 6.43 Å². The average Bonchev–Trinajstić information content (AvgIpc) is 3.41. The molecular weight excluding hydrogens is 412 g/mol. The third-order valence-corrected chi connectivity index (χ3v) is 5.74. The molecule has 2 fully saturated rings. The van der Waals surface area contributed by atoms with Crippen molar-refractivity contribution in [1.29, 1.82) is 0 Å². The second kappa shape index (κ2) is 7.40. The van der Waals surface area contributed by atoms with Crippen LogP contribution in [-0.4, -0.2) is 53.3 Å². The molecule has 2 atom stereocenters. The van der Waals surface area contributed by atoms with E-state index in [0.717, 1.165) is 17.7 Å². The van der Waals surface area contributed by atoms with Crippen LogP contribution in [0.4, 0.5) is 25.1 Å². The van der Waals surface area contributed by atoms with Gasteiger partial charge in [-0.15, -0.1) is 0 Å². The van der Waals surface area contributed by atoms with E-state index in [1.807, 2.05) is 0 Å². The molecule has 164 valence electrons. The van der Waals surface area contributed by atoms with Crippen molar-refractivity contribution in [3.8, 4) is 17.1 Å². The van der Waals surface area contributed by atoms with E-state index in [9.17, 15) is 18.4 Å². The van der Waals surface area contributed by atoms with Crippen LogP contribution in [0.2, 0.25) is 0 Å². The number of carbonyl (C=O) groups is 2. The smallest absolute Gasteiger partial charge is 0.416 e. The van der Waals surface area contributed by atoms with Crippen LogP contribution in [0.15, 0.2) is 24.4 Å². The van der Waals surface area contributed by atoms with Crippen molar-refractivity contribution < 1.29 is 27.8 Å². The lowest BCUT2D eigenvalue weighted by atomic mass is 10.1. The van der Waals surface area contributed by atoms with Gasteiger partial charge >= 0.3 is 6.09 Å². The number of cyclic esters (lactones) is 1. The van der Waals surface area contributed by atoms with Crippen LogP contribution >= 0.6 is 0 Å². The van der Waals surface area contributed by atoms with E-state index in [1.54, 1.807) is 29.0 Å². The molecule has 0 radical (unpaired) electrons. The number of rotatable bonds is 6. The highest BCUT2D eigenvalue weighted by Gasteiger charge is 2.42. The zero-order chi connectivity index (χ0) is 21.7. The molecule has 2 aliphatic heterocycles. The number of ether oxygens (including phenoxy) is 2. The minimum atomic E-state index is -2.75. The number of amides is 2. The Morgan fingerprint density at radius 1 is 1.29 bits per heavy atom. The van der Waals surface area contributed by atoms with Gasteiger partial charge in [-0.25, -0.2) is 23.5 Å². The van der Waals surface area contributed by atoms with Gasteiger partial charge in [0.1, 0.15) is 36.9 Å². The first-order chi connectivity index (χ1) is 14.9. The topological polar surface area (TPSA) is 112 Å². The molecule has 3 N–H and O–H groups in total. The molecule has 11 heteroatoms. The fourth-order valence-electron chi connectivity index (χ4n) is 3.99. The van der Waals surface area contributed by atoms with Crippen LogP contribution in [0.3, 0.4) is 0 Å². The number of imidazole rings is 1. The highest BCUT2D eigenvalue weighted by atomic mass is 19.3. The molecule has 0 unspecified atom stereocenters. The Morgan fingerprint density at radius 3 is 2.81 bits per heavy atom. The van der Waals surface area contributed by atoms with Crippen LogP contribution < -0.4 is 20.7 Å². The fourth-order valence-corrected chi connectivity index (χ4v) is 3.99. The van der Waals surface area contributed by atoms with Crippen LogP contribution in [0.5, 0.6) is 5.75 Å². The molecular formula is C20H21F2N5O4. The van der Waals surface area contributed by atoms with Crippen LogP contribution in [0.25, 0.3) is 11.4 Å². The highest BCUT2D eigenvalue weighted by Crippen LogP contribution is 2.38. The number of nitrogens with zero attached hydrogens (tertiary/aromatic N) is 3. The maximum absolute atomic E-state index is 13.3. The van der Waals surface area contributed by atoms with E-state index in [0.29, 0.717) is 36.0 Å². The van der Waals surface area contributed by atoms with Crippen molar-refractivity contribution in [3.63, 3.8) is 0 Å². The number of aromatic nitrogens is 2. The molecule has 1 saturated heterocycles. The number of primary amides is 1. The minimum Gasteiger partial charge on any atom is -0.491 e. The Kier molecular flexibility index (Phi) is 4.67. The summed E-state index contributed by atoms with van der Waals surface area (Å²) >= 11 is 0. The van der Waals surface area contributed by atoms with E-state index in [-0.39, 0.29) is 18.3 Å². The Hall–Kier alpha value is -3.37. The molecule has 3 heterocycles. The number of fused-ring (bicyclic) bond motifs is 3. The van der Waals surface area contributed by atoms with Gasteiger partial charge in [-0.05, 0) is 30.9 Å². The van der Waals surface area contributed by atoms with Crippen molar-refractivity contribution in [2.45, 2.75) is 37.9 Å². The van der Waals surface area contributed by atoms with E-state index in [1.165, 1.54) is 0 Å². The number of hydrogen-bond donors (Lipinski definition) is 2. The predicted molar refractivity (Wildman–Crippen MR) is 106 cm³/mol. The molecule has 0 spiro atoms. The summed E-state index contributed by atoms with van der Waals surface area (Å²) < 4.78 is 39.1. The quantitative estimate of drug-likeness (QED) is 0.723. The summed E-state index contributed by atoms with van der Waals surface area (Å²) in [4.78, 5) is 29.1. The summed E-state index contributed by atoms with van der Waals surface area (Å²) in [6, 6.07) is 3.52. The largest absolute Gasteiger partial charge is 0.491 e. The van der Waals surface area contributed by atoms with Crippen molar-refractivity contribution in [3.05, 3.63) is 24.4 Å². The first kappa shape index (κ1) is 19.6. The molecule has 9 nitrogen and oxygen atoms in total. The molecule has 2 aromatic rings. The third-order valence-electron chi connectivity index (χ3n) is 5.74. The molecule has 0 bridgehead atoms. The maximum atomic E-state index is 13.3. The molecule has 2 amide bonds. The van der Waals surface area contributed by atoms with Crippen molar-refractivity contribution in [2.24, 2.45) is 11.7 Å². The maximum Gasteiger partial charge on any atom is 0.416 e. The monoisotopic (exact) mass is 433 g/mol. The lowest BCUT2D eigenvalue weighted by Crippen LogP contribution is -2.38. The van der Waals surface area contributed by atoms with Crippen molar-refractivity contribution >= 4 is 23.5 Å². The van der Waals surface area contributed by atoms with Gasteiger partial charge in [0.15, 0.2) is 5.82 Å². The average molecular weight is 433 g/mol. The van der Waals surface area contributed by atoms with Gasteiger partial charge in [0, 0.05) is 18.0 Å². The van der Waals surface area contributed by atoms with Crippen molar-refractivity contribution in [2.75, 3.05) is 23.4 Å². The predicted octanol–water partition coefficient (Wildman–Crippen LogP) is 2.21. The summed E-state index contributed by atoms with van der Waals surface area (Å²) in [6.07, 6.45) is -0.117. The molecule has 1 aromatic heterocycles. The second-order valence-corrected chi connectivity index (χ2v) is 7.89. The number of halogens is 2. The van der Waals surface area contributed by atoms with Gasteiger partial charge in [-0.3, -0.25) is 4.79 Å². The third kappa shape index (κ3) is 3.53. The molecule has 3 aliphatic rings. The van der Waals surface area contributed by atoms with Crippen LogP contribution in [-0.2, 0) is 16.1 Å². The molecule has 1 aromatic carbocycles. The summed E-state index contributed by atoms with van der Waals surface area (Å²) in [5.74, 6) is 0.983. The Bertz CT molecular complexity index is 1040. The van der Waals surface area contributed by atoms with Gasteiger partial charge in [-0.2, -0.15) is 0 Å². The second-order valence-electron chi connectivity index (χ2n) is 7.89. The van der Waals surface area contributed by atoms with Gasteiger partial charge < -0.3 is 25.1 Å². The highest BCUT2D eigenvalue weighted by molar-refractivity contribution is 5.90. The molecule has 31 heavy (non-hydrogen) atoms. The number of alkyl halides is 2. The zero-order valence-electron chi connectivity index (χ0n) is 16.5. The summed E-state index contributed by atoms with van der Waals surface area (Å²) in [7, 11) is 0. The first-order valence-electron chi connectivity index (χ1n) is 10.1. The number of benzene rings is 1. The summed E-state index contributed by atoms with van der Waals surface area (Å²) in [6.45, 7) is 0.368. The van der Waals surface area contributed by atoms with Crippen LogP contribution in [0.1, 0.15) is 12.8 Å². The summed E-state index contributed by atoms with van der Waals surface area (Å²) in [5.41, 5.74) is 6.86. The number of hydrogen-bond acceptors (Lipinski definition) is 6. The number of nitrogens with one attached hydrogen (secondary N) is 1. The Balaban J connectivity index is 1.46. The normalized spacial score (nSPS) is 21.1. The van der Waals surface area contributed by atoms with Crippen LogP contribution in [0, 0.1) is 5.92 Å². The molecule has 1 aliphatic carbocycles. The Labute approximate surface area is 176 Å². The molecule has 5 rings (SSSR count). The lowest BCUT2D eigenvalue weighted by Gasteiger charge is -2.18. The number of anilines is 2. The van der Waals surface area contributed by atoms with E-state index < -0.39 is 30.5 Å². The number of nitrogens with two attached hydrogens (primary N) is 1. The van der Waals surface area contributed by atoms with Gasteiger partial charge in [0.05, 0.1) is 12.1 Å². The SMILES string of the molecule is NC(=O)[C@H](Nc1ccc2c(c1)OCCn1cc(N3C(=O)OC[C@H]3C(F)F)nc1-2)C1CC1. The fraction of sp³-hybridized carbons (Fsp3) is 0.450. The standard InChI is InChI=1S/C20H21F2N5O4/c21-17(22)13-9-31-20(29)27(13)15-8-26-5-6-30-14-7-11(3-4-12(14)19(26)25-15)24-16(18(23)28)10-1-2-10/h3-4,7-8,10,13,16-17,24H,1-2,5-6,9H2,(H2,23,28)/t13-,16+/m0/s1. The first-order valence-corrected chi connectivity index (χ1v) is 10.1. The van der Waals surface area contributed by atoms with E-state index in [2.05, 4.69) is 10.3 Å². The van der Waals surface area contributed by atoms with Gasteiger partial charge in [-0.1, -0.05) is 0 Å². The minimum absolute atomic E-state index is 0.111.